The molecule has 1 amide bonds. The van der Waals surface area contributed by atoms with Crippen molar-refractivity contribution >= 4 is 37.6 Å². The van der Waals surface area contributed by atoms with Crippen molar-refractivity contribution in [2.24, 2.45) is 22.7 Å². The number of ether oxygens (including phenoxy) is 1. The van der Waals surface area contributed by atoms with Crippen molar-refractivity contribution in [1.82, 2.24) is 24.5 Å². The first-order valence-corrected chi connectivity index (χ1v) is 21.5. The molecular formula is C35H47N7O4S2. The van der Waals surface area contributed by atoms with Crippen LogP contribution in [-0.2, 0) is 10.0 Å². The van der Waals surface area contributed by atoms with Gasteiger partial charge < -0.3 is 15.0 Å². The second-order valence-corrected chi connectivity index (χ2v) is 21.7. The van der Waals surface area contributed by atoms with Crippen LogP contribution in [-0.4, -0.2) is 78.1 Å². The Balaban J connectivity index is 1.16. The summed E-state index contributed by atoms with van der Waals surface area (Å²) in [6, 6.07) is 8.49. The molecule has 48 heavy (non-hydrogen) atoms. The van der Waals surface area contributed by atoms with Gasteiger partial charge in [-0.05, 0) is 125 Å². The maximum absolute atomic E-state index is 14.1. The Morgan fingerprint density at radius 1 is 1.04 bits per heavy atom. The van der Waals surface area contributed by atoms with Crippen molar-refractivity contribution in [3.8, 4) is 11.7 Å². The van der Waals surface area contributed by atoms with Crippen molar-refractivity contribution in [2.45, 2.75) is 80.7 Å². The summed E-state index contributed by atoms with van der Waals surface area (Å²) in [7, 11) is -5.74. The Morgan fingerprint density at radius 2 is 1.79 bits per heavy atom. The normalized spacial score (nSPS) is 25.0. The lowest BCUT2D eigenvalue weighted by atomic mass is 9.93. The van der Waals surface area contributed by atoms with Crippen molar-refractivity contribution in [1.29, 1.82) is 0 Å². The van der Waals surface area contributed by atoms with E-state index in [1.165, 1.54) is 31.7 Å². The maximum atomic E-state index is 14.1. The number of hydrogen-bond acceptors (Lipinski definition) is 9. The van der Waals surface area contributed by atoms with E-state index in [2.05, 4.69) is 52.5 Å². The summed E-state index contributed by atoms with van der Waals surface area (Å²) in [4.78, 5) is 26.7. The minimum atomic E-state index is -4.26. The number of nitrogens with zero attached hydrogens (tertiary/aromatic N) is 5. The number of carbonyl (C=O) groups excluding carboxylic acids is 1. The number of rotatable bonds is 6. The number of fused-ring (bicyclic) bond motifs is 7. The van der Waals surface area contributed by atoms with Crippen LogP contribution in [0.25, 0.3) is 5.82 Å². The van der Waals surface area contributed by atoms with E-state index in [1.807, 2.05) is 18.3 Å². The summed E-state index contributed by atoms with van der Waals surface area (Å²) in [5.74, 6) is 2.59. The number of carbonyl (C=O) groups is 1. The first kappa shape index (κ1) is 31.9. The van der Waals surface area contributed by atoms with Crippen LogP contribution >= 0.6 is 10.0 Å². The summed E-state index contributed by atoms with van der Waals surface area (Å²) < 4.78 is 37.3. The van der Waals surface area contributed by atoms with Gasteiger partial charge in [0.1, 0.15) is 11.6 Å². The summed E-state index contributed by atoms with van der Waals surface area (Å²) in [5.41, 5.74) is 1.23. The molecule has 0 unspecified atom stereocenters. The van der Waals surface area contributed by atoms with Gasteiger partial charge in [-0.25, -0.2) is 29.4 Å². The molecule has 4 bridgehead atoms. The van der Waals surface area contributed by atoms with E-state index >= 15 is 0 Å². The fraction of sp³-hybridized carbons (Fsp3) is 0.600. The van der Waals surface area contributed by atoms with Crippen LogP contribution in [0.4, 0.5) is 11.6 Å². The van der Waals surface area contributed by atoms with Crippen LogP contribution in [0, 0.1) is 22.7 Å². The van der Waals surface area contributed by atoms with Gasteiger partial charge in [-0.3, -0.25) is 4.79 Å². The third-order valence-corrected chi connectivity index (χ3v) is 14.5. The standard InChI is InChI=1S/C35H47N7O4S2/c1-33(2)21-23-8-7-17-36-27-9-6-10-29(37-27)48(44,45)40-32(43)24-20-25(47(3,4)5)31(38-30(24)41(33)22-23)42-18-11-28(39-42)46-19-12-26-34(13-14-34)35(26)15-16-35/h6,9-11,18,20,23,26H,7-8,12-17,19,21-22H2,1-5H3,(H,36,37)(H,40,43)/t23-/m0/s1. The fourth-order valence-corrected chi connectivity index (χ4v) is 11.1. The van der Waals surface area contributed by atoms with Gasteiger partial charge in [0.15, 0.2) is 10.8 Å². The Morgan fingerprint density at radius 3 is 2.50 bits per heavy atom. The average molecular weight is 694 g/mol. The lowest BCUT2D eigenvalue weighted by Gasteiger charge is -2.35. The van der Waals surface area contributed by atoms with Gasteiger partial charge in [-0.2, -0.15) is 8.42 Å². The summed E-state index contributed by atoms with van der Waals surface area (Å²) >= 11 is 0. The molecule has 4 fully saturated rings. The number of anilines is 2. The van der Waals surface area contributed by atoms with Crippen LogP contribution in [0.3, 0.4) is 0 Å². The van der Waals surface area contributed by atoms with Gasteiger partial charge in [-0.1, -0.05) is 6.07 Å². The highest BCUT2D eigenvalue weighted by Gasteiger charge is 2.85. The number of nitrogens with one attached hydrogen (secondary N) is 2. The Labute approximate surface area is 285 Å². The molecule has 0 radical (unpaired) electrons. The summed E-state index contributed by atoms with van der Waals surface area (Å²) in [6.45, 7) is 6.37. The molecule has 0 aromatic carbocycles. The molecule has 2 N–H and O–H groups in total. The topological polar surface area (TPSA) is 131 Å². The number of aromatic nitrogens is 4. The fourth-order valence-electron chi connectivity index (χ4n) is 9.05. The lowest BCUT2D eigenvalue weighted by molar-refractivity contribution is 0.0981. The van der Waals surface area contributed by atoms with E-state index in [1.54, 1.807) is 16.8 Å². The molecule has 3 saturated carbocycles. The summed E-state index contributed by atoms with van der Waals surface area (Å²) in [5, 5.41) is 7.87. The van der Waals surface area contributed by atoms with Crippen molar-refractivity contribution < 1.29 is 17.9 Å². The summed E-state index contributed by atoms with van der Waals surface area (Å²) in [6.07, 6.45) is 17.8. The van der Waals surface area contributed by atoms with Crippen LogP contribution in [0.15, 0.2) is 46.5 Å². The third kappa shape index (κ3) is 5.35. The first-order valence-electron chi connectivity index (χ1n) is 17.2. The molecule has 5 heterocycles. The van der Waals surface area contributed by atoms with Gasteiger partial charge in [-0.15, -0.1) is 5.10 Å². The Bertz CT molecular complexity index is 1870. The van der Waals surface area contributed by atoms with Crippen molar-refractivity contribution in [2.75, 3.05) is 48.7 Å². The monoisotopic (exact) mass is 693 g/mol. The van der Waals surface area contributed by atoms with Crippen LogP contribution < -0.4 is 19.7 Å². The Hall–Kier alpha value is -3.32. The second-order valence-electron chi connectivity index (χ2n) is 16.0. The minimum Gasteiger partial charge on any atom is -0.477 e. The van der Waals surface area contributed by atoms with Gasteiger partial charge in [0, 0.05) is 35.8 Å². The van der Waals surface area contributed by atoms with E-state index in [-0.39, 0.29) is 16.1 Å². The quantitative estimate of drug-likeness (QED) is 0.339. The maximum Gasteiger partial charge on any atom is 0.281 e. The van der Waals surface area contributed by atoms with Gasteiger partial charge in [0.05, 0.1) is 12.2 Å². The predicted molar refractivity (Wildman–Crippen MR) is 188 cm³/mol. The van der Waals surface area contributed by atoms with E-state index in [0.717, 1.165) is 36.5 Å². The van der Waals surface area contributed by atoms with E-state index in [0.29, 0.717) is 59.8 Å². The van der Waals surface area contributed by atoms with Crippen molar-refractivity contribution in [3.63, 3.8) is 0 Å². The van der Waals surface area contributed by atoms with E-state index in [9.17, 15) is 13.2 Å². The predicted octanol–water partition coefficient (Wildman–Crippen LogP) is 5.60. The van der Waals surface area contributed by atoms with E-state index in [4.69, 9.17) is 14.8 Å². The van der Waals surface area contributed by atoms with Gasteiger partial charge >= 0.3 is 0 Å². The zero-order valence-corrected chi connectivity index (χ0v) is 30.2. The molecule has 13 heteroatoms. The highest BCUT2D eigenvalue weighted by molar-refractivity contribution is 8.32. The molecule has 5 aliphatic rings. The molecule has 258 valence electrons. The smallest absolute Gasteiger partial charge is 0.281 e. The molecular weight excluding hydrogens is 647 g/mol. The largest absolute Gasteiger partial charge is 0.477 e. The van der Waals surface area contributed by atoms with E-state index < -0.39 is 26.0 Å². The first-order chi connectivity index (χ1) is 22.7. The number of amides is 1. The molecule has 3 aromatic heterocycles. The SMILES string of the molecule is CC1(C)C[C@@H]2CCCNc3cccc(n3)S(=O)(=O)NC(=O)c3cc(S(C)(C)C)c(-n4ccc(OCCC5C6(CC6)C56CC6)n4)nc3N1C2. The molecule has 3 aliphatic carbocycles. The van der Waals surface area contributed by atoms with Gasteiger partial charge in [0.25, 0.3) is 15.9 Å². The van der Waals surface area contributed by atoms with Crippen LogP contribution in [0.2, 0.25) is 0 Å². The second kappa shape index (κ2) is 10.8. The van der Waals surface area contributed by atoms with Crippen LogP contribution in [0.1, 0.15) is 75.6 Å². The number of hydrogen-bond donors (Lipinski definition) is 2. The number of pyridine rings is 2. The number of sulfonamides is 1. The van der Waals surface area contributed by atoms with Crippen molar-refractivity contribution in [3.05, 3.63) is 42.1 Å². The minimum absolute atomic E-state index is 0.212. The molecule has 1 atom stereocenters. The highest BCUT2D eigenvalue weighted by Crippen LogP contribution is 2.93. The molecule has 2 spiro atoms. The molecule has 2 aliphatic heterocycles. The van der Waals surface area contributed by atoms with Gasteiger partial charge in [0.2, 0.25) is 5.88 Å². The zero-order valence-electron chi connectivity index (χ0n) is 28.6. The molecule has 8 rings (SSSR count). The van der Waals surface area contributed by atoms with Crippen LogP contribution in [0.5, 0.6) is 5.88 Å². The third-order valence-electron chi connectivity index (χ3n) is 11.6. The highest BCUT2D eigenvalue weighted by atomic mass is 32.3. The zero-order chi connectivity index (χ0) is 33.7. The molecule has 3 aromatic rings. The Kier molecular flexibility index (Phi) is 7.21. The lowest BCUT2D eigenvalue weighted by Crippen LogP contribution is -2.41. The average Bonchev–Trinajstić information content (AvgIpc) is 3.97. The molecule has 1 saturated heterocycles. The molecule has 11 nitrogen and oxygen atoms in total.